The van der Waals surface area contributed by atoms with Crippen LogP contribution >= 0.6 is 24.0 Å². The highest BCUT2D eigenvalue weighted by Crippen LogP contribution is 2.36. The standard InChI is InChI=1S/C18H15FN2OS2/c1-20(2)14-7-9-15(10-8-14)21-17(22)16(24-18(21)23)11-12-3-5-13(19)6-4-12/h3-11H,1-2H3/b16-11+. The molecule has 0 N–H and O–H groups in total. The number of benzene rings is 2. The number of thioether (sulfide) groups is 1. The van der Waals surface area contributed by atoms with Gasteiger partial charge in [-0.05, 0) is 48.0 Å². The van der Waals surface area contributed by atoms with Gasteiger partial charge in [-0.1, -0.05) is 36.1 Å². The molecule has 1 amide bonds. The minimum atomic E-state index is -0.305. The molecule has 0 bridgehead atoms. The molecule has 0 atom stereocenters. The fourth-order valence-corrected chi connectivity index (χ4v) is 3.60. The number of hydrogen-bond acceptors (Lipinski definition) is 4. The van der Waals surface area contributed by atoms with Crippen molar-refractivity contribution in [2.45, 2.75) is 0 Å². The average molecular weight is 358 g/mol. The molecule has 1 fully saturated rings. The van der Waals surface area contributed by atoms with E-state index in [0.29, 0.717) is 9.23 Å². The first-order valence-electron chi connectivity index (χ1n) is 7.26. The predicted molar refractivity (Wildman–Crippen MR) is 103 cm³/mol. The van der Waals surface area contributed by atoms with E-state index < -0.39 is 0 Å². The van der Waals surface area contributed by atoms with Crippen LogP contribution in [0, 0.1) is 5.82 Å². The monoisotopic (exact) mass is 358 g/mol. The summed E-state index contributed by atoms with van der Waals surface area (Å²) in [5.74, 6) is -0.465. The molecule has 2 aromatic carbocycles. The first-order valence-corrected chi connectivity index (χ1v) is 8.49. The molecule has 1 saturated heterocycles. The van der Waals surface area contributed by atoms with Gasteiger partial charge < -0.3 is 4.90 Å². The third-order valence-corrected chi connectivity index (χ3v) is 4.89. The van der Waals surface area contributed by atoms with E-state index in [-0.39, 0.29) is 11.7 Å². The molecule has 1 aliphatic rings. The lowest BCUT2D eigenvalue weighted by Crippen LogP contribution is -2.27. The Bertz CT molecular complexity index is 814. The molecular weight excluding hydrogens is 343 g/mol. The number of amides is 1. The zero-order valence-electron chi connectivity index (χ0n) is 13.2. The molecule has 1 heterocycles. The summed E-state index contributed by atoms with van der Waals surface area (Å²) >= 11 is 6.61. The number of anilines is 2. The van der Waals surface area contributed by atoms with Crippen LogP contribution in [0.3, 0.4) is 0 Å². The molecule has 1 aliphatic heterocycles. The Morgan fingerprint density at radius 1 is 1.08 bits per heavy atom. The van der Waals surface area contributed by atoms with E-state index in [2.05, 4.69) is 0 Å². The van der Waals surface area contributed by atoms with Crippen molar-refractivity contribution in [3.8, 4) is 0 Å². The van der Waals surface area contributed by atoms with E-state index in [1.807, 2.05) is 43.3 Å². The maximum Gasteiger partial charge on any atom is 0.270 e. The Balaban J connectivity index is 1.87. The molecule has 3 nitrogen and oxygen atoms in total. The van der Waals surface area contributed by atoms with Crippen LogP contribution in [0.1, 0.15) is 5.56 Å². The first-order chi connectivity index (χ1) is 11.5. The molecule has 0 unspecified atom stereocenters. The summed E-state index contributed by atoms with van der Waals surface area (Å²) in [5.41, 5.74) is 2.55. The molecule has 0 spiro atoms. The molecule has 122 valence electrons. The highest BCUT2D eigenvalue weighted by atomic mass is 32.2. The van der Waals surface area contributed by atoms with Crippen molar-refractivity contribution in [2.75, 3.05) is 23.9 Å². The van der Waals surface area contributed by atoms with Crippen LogP contribution in [0.25, 0.3) is 6.08 Å². The highest BCUT2D eigenvalue weighted by molar-refractivity contribution is 8.27. The van der Waals surface area contributed by atoms with Crippen LogP contribution in [0.15, 0.2) is 53.4 Å². The largest absolute Gasteiger partial charge is 0.378 e. The number of nitrogens with zero attached hydrogens (tertiary/aromatic N) is 2. The van der Waals surface area contributed by atoms with E-state index in [9.17, 15) is 9.18 Å². The summed E-state index contributed by atoms with van der Waals surface area (Å²) < 4.78 is 13.5. The molecule has 24 heavy (non-hydrogen) atoms. The van der Waals surface area contributed by atoms with Crippen molar-refractivity contribution in [1.82, 2.24) is 0 Å². The number of carbonyl (C=O) groups is 1. The SMILES string of the molecule is CN(C)c1ccc(N2C(=O)/C(=C\c3ccc(F)cc3)SC2=S)cc1. The van der Waals surface area contributed by atoms with Gasteiger partial charge in [0, 0.05) is 19.8 Å². The van der Waals surface area contributed by atoms with Crippen LogP contribution in [0.4, 0.5) is 15.8 Å². The lowest BCUT2D eigenvalue weighted by molar-refractivity contribution is -0.113. The molecular formula is C18H15FN2OS2. The summed E-state index contributed by atoms with van der Waals surface area (Å²) in [6.07, 6.45) is 1.73. The zero-order chi connectivity index (χ0) is 17.3. The van der Waals surface area contributed by atoms with Crippen LogP contribution in [-0.2, 0) is 4.79 Å². The van der Waals surface area contributed by atoms with Crippen molar-refractivity contribution < 1.29 is 9.18 Å². The van der Waals surface area contributed by atoms with Gasteiger partial charge >= 0.3 is 0 Å². The zero-order valence-corrected chi connectivity index (χ0v) is 14.8. The van der Waals surface area contributed by atoms with Gasteiger partial charge in [-0.3, -0.25) is 9.69 Å². The van der Waals surface area contributed by atoms with Crippen LogP contribution in [0.2, 0.25) is 0 Å². The Labute approximate surface area is 149 Å². The van der Waals surface area contributed by atoms with E-state index in [1.54, 1.807) is 18.2 Å². The van der Waals surface area contributed by atoms with E-state index >= 15 is 0 Å². The van der Waals surface area contributed by atoms with E-state index in [1.165, 1.54) is 28.8 Å². The number of carbonyl (C=O) groups excluding carboxylic acids is 1. The Morgan fingerprint density at radius 3 is 2.29 bits per heavy atom. The lowest BCUT2D eigenvalue weighted by Gasteiger charge is -2.17. The summed E-state index contributed by atoms with van der Waals surface area (Å²) in [6, 6.07) is 13.6. The summed E-state index contributed by atoms with van der Waals surface area (Å²) in [6.45, 7) is 0. The molecule has 2 aromatic rings. The summed E-state index contributed by atoms with van der Waals surface area (Å²) in [5, 5.41) is 0. The van der Waals surface area contributed by atoms with Crippen LogP contribution in [0.5, 0.6) is 0 Å². The second-order valence-corrected chi connectivity index (χ2v) is 7.16. The minimum absolute atomic E-state index is 0.160. The third kappa shape index (κ3) is 3.34. The van der Waals surface area contributed by atoms with Crippen molar-refractivity contribution in [3.05, 3.63) is 64.8 Å². The topological polar surface area (TPSA) is 23.6 Å². The molecule has 0 saturated carbocycles. The van der Waals surface area contributed by atoms with Gasteiger partial charge in [-0.2, -0.15) is 0 Å². The van der Waals surface area contributed by atoms with E-state index in [0.717, 1.165) is 16.9 Å². The van der Waals surface area contributed by atoms with Crippen LogP contribution in [-0.4, -0.2) is 24.3 Å². The Morgan fingerprint density at radius 2 is 1.71 bits per heavy atom. The lowest BCUT2D eigenvalue weighted by atomic mass is 10.2. The average Bonchev–Trinajstić information content (AvgIpc) is 2.83. The van der Waals surface area contributed by atoms with Gasteiger partial charge in [0.2, 0.25) is 0 Å². The summed E-state index contributed by atoms with van der Waals surface area (Å²) in [4.78, 5) is 16.7. The summed E-state index contributed by atoms with van der Waals surface area (Å²) in [7, 11) is 3.92. The van der Waals surface area contributed by atoms with Gasteiger partial charge in [-0.15, -0.1) is 0 Å². The predicted octanol–water partition coefficient (Wildman–Crippen LogP) is 4.30. The van der Waals surface area contributed by atoms with Gasteiger partial charge in [0.25, 0.3) is 5.91 Å². The van der Waals surface area contributed by atoms with Crippen LogP contribution < -0.4 is 9.80 Å². The van der Waals surface area contributed by atoms with Crippen molar-refractivity contribution in [1.29, 1.82) is 0 Å². The smallest absolute Gasteiger partial charge is 0.270 e. The second-order valence-electron chi connectivity index (χ2n) is 5.48. The van der Waals surface area contributed by atoms with Crippen molar-refractivity contribution in [2.24, 2.45) is 0 Å². The molecule has 3 rings (SSSR count). The van der Waals surface area contributed by atoms with Gasteiger partial charge in [0.15, 0.2) is 4.32 Å². The quantitative estimate of drug-likeness (QED) is 0.603. The highest BCUT2D eigenvalue weighted by Gasteiger charge is 2.33. The van der Waals surface area contributed by atoms with Gasteiger partial charge in [-0.25, -0.2) is 4.39 Å². The molecule has 0 radical (unpaired) electrons. The molecule has 6 heteroatoms. The molecule has 0 aromatic heterocycles. The second kappa shape index (κ2) is 6.75. The fraction of sp³-hybridized carbons (Fsp3) is 0.111. The van der Waals surface area contributed by atoms with Gasteiger partial charge in [0.1, 0.15) is 5.82 Å². The maximum absolute atomic E-state index is 13.0. The minimum Gasteiger partial charge on any atom is -0.378 e. The Kier molecular flexibility index (Phi) is 4.69. The third-order valence-electron chi connectivity index (χ3n) is 3.59. The number of halogens is 1. The number of thiocarbonyl (C=S) groups is 1. The Hall–Kier alpha value is -2.18. The van der Waals surface area contributed by atoms with E-state index in [4.69, 9.17) is 12.2 Å². The normalized spacial score (nSPS) is 16.1. The van der Waals surface area contributed by atoms with Crippen molar-refractivity contribution in [3.63, 3.8) is 0 Å². The maximum atomic E-state index is 13.0. The van der Waals surface area contributed by atoms with Crippen molar-refractivity contribution >= 4 is 51.7 Å². The number of rotatable bonds is 3. The number of hydrogen-bond donors (Lipinski definition) is 0. The first kappa shape index (κ1) is 16.7. The molecule has 0 aliphatic carbocycles. The fourth-order valence-electron chi connectivity index (χ4n) is 2.30. The van der Waals surface area contributed by atoms with Gasteiger partial charge in [0.05, 0.1) is 10.6 Å².